The molecule has 1 rings (SSSR count). The molecule has 70 valence electrons. The van der Waals surface area contributed by atoms with Gasteiger partial charge in [-0.15, -0.1) is 0 Å². The summed E-state index contributed by atoms with van der Waals surface area (Å²) in [5.74, 6) is -0.188. The van der Waals surface area contributed by atoms with Crippen LogP contribution >= 0.6 is 15.9 Å². The third kappa shape index (κ3) is 2.69. The predicted molar refractivity (Wildman–Crippen MR) is 55.3 cm³/mol. The molecule has 0 unspecified atom stereocenters. The van der Waals surface area contributed by atoms with E-state index in [-0.39, 0.29) is 11.8 Å². The first-order chi connectivity index (χ1) is 6.13. The maximum absolute atomic E-state index is 13.1. The second kappa shape index (κ2) is 4.23. The molecule has 3 nitrogen and oxygen atoms in total. The van der Waals surface area contributed by atoms with Crippen molar-refractivity contribution in [2.24, 2.45) is 10.7 Å². The standard InChI is InChI=1S/C8H9BrFN3/c1-12-8(11)13-7-4-5(9)2-3-6(7)10/h2-4H,1H3,(H3,11,12,13). The minimum absolute atomic E-state index is 0.178. The van der Waals surface area contributed by atoms with Crippen LogP contribution < -0.4 is 11.1 Å². The molecule has 1 aromatic rings. The zero-order valence-corrected chi connectivity index (χ0v) is 8.60. The normalized spacial score (nSPS) is 11.5. The lowest BCUT2D eigenvalue weighted by Gasteiger charge is -2.05. The quantitative estimate of drug-likeness (QED) is 0.587. The van der Waals surface area contributed by atoms with Gasteiger partial charge in [0.25, 0.3) is 0 Å². The van der Waals surface area contributed by atoms with Crippen molar-refractivity contribution in [1.29, 1.82) is 0 Å². The molecule has 0 aromatic heterocycles. The Hall–Kier alpha value is -1.10. The SMILES string of the molecule is CN=C(N)Nc1cc(Br)ccc1F. The molecule has 0 spiro atoms. The molecule has 0 aliphatic heterocycles. The molecule has 13 heavy (non-hydrogen) atoms. The van der Waals surface area contributed by atoms with Crippen LogP contribution in [0.4, 0.5) is 10.1 Å². The van der Waals surface area contributed by atoms with Crippen LogP contribution in [0.1, 0.15) is 0 Å². The Morgan fingerprint density at radius 2 is 2.31 bits per heavy atom. The Bertz CT molecular complexity index is 338. The molecule has 1 aromatic carbocycles. The number of nitrogens with one attached hydrogen (secondary N) is 1. The fourth-order valence-corrected chi connectivity index (χ4v) is 1.15. The lowest BCUT2D eigenvalue weighted by Crippen LogP contribution is -2.22. The lowest BCUT2D eigenvalue weighted by molar-refractivity contribution is 0.632. The first-order valence-electron chi connectivity index (χ1n) is 3.58. The van der Waals surface area contributed by atoms with Gasteiger partial charge in [-0.05, 0) is 18.2 Å². The summed E-state index contributed by atoms with van der Waals surface area (Å²) in [5.41, 5.74) is 5.68. The van der Waals surface area contributed by atoms with E-state index in [2.05, 4.69) is 26.2 Å². The van der Waals surface area contributed by atoms with Crippen molar-refractivity contribution < 1.29 is 4.39 Å². The fourth-order valence-electron chi connectivity index (χ4n) is 0.787. The summed E-state index contributed by atoms with van der Waals surface area (Å²) < 4.78 is 13.9. The first kappa shape index (κ1) is 9.98. The summed E-state index contributed by atoms with van der Waals surface area (Å²) in [5, 5.41) is 2.62. The highest BCUT2D eigenvalue weighted by Gasteiger charge is 2.02. The second-order valence-corrected chi connectivity index (χ2v) is 3.27. The highest BCUT2D eigenvalue weighted by molar-refractivity contribution is 9.10. The van der Waals surface area contributed by atoms with Gasteiger partial charge in [0.2, 0.25) is 0 Å². The summed E-state index contributed by atoms with van der Waals surface area (Å²) in [6, 6.07) is 4.54. The highest BCUT2D eigenvalue weighted by Crippen LogP contribution is 2.19. The zero-order chi connectivity index (χ0) is 9.84. The molecule has 0 saturated carbocycles. The predicted octanol–water partition coefficient (Wildman–Crippen LogP) is 1.94. The van der Waals surface area contributed by atoms with Crippen molar-refractivity contribution in [3.05, 3.63) is 28.5 Å². The van der Waals surface area contributed by atoms with Crippen LogP contribution in [0, 0.1) is 5.82 Å². The Balaban J connectivity index is 2.94. The summed E-state index contributed by atoms with van der Waals surface area (Å²) in [4.78, 5) is 3.66. The van der Waals surface area contributed by atoms with Crippen molar-refractivity contribution >= 4 is 27.6 Å². The number of nitrogens with zero attached hydrogens (tertiary/aromatic N) is 1. The molecule has 0 saturated heterocycles. The smallest absolute Gasteiger partial charge is 0.192 e. The number of guanidine groups is 1. The largest absolute Gasteiger partial charge is 0.370 e. The Labute approximate surface area is 84.0 Å². The van der Waals surface area contributed by atoms with E-state index in [4.69, 9.17) is 5.73 Å². The van der Waals surface area contributed by atoms with Gasteiger partial charge in [-0.1, -0.05) is 15.9 Å². The van der Waals surface area contributed by atoms with Crippen molar-refractivity contribution in [3.8, 4) is 0 Å². The highest BCUT2D eigenvalue weighted by atomic mass is 79.9. The van der Waals surface area contributed by atoms with Crippen LogP contribution in [-0.4, -0.2) is 13.0 Å². The van der Waals surface area contributed by atoms with Gasteiger partial charge in [0.05, 0.1) is 5.69 Å². The van der Waals surface area contributed by atoms with Gasteiger partial charge in [-0.25, -0.2) is 4.39 Å². The van der Waals surface area contributed by atoms with Gasteiger partial charge in [-0.2, -0.15) is 0 Å². The number of rotatable bonds is 1. The van der Waals surface area contributed by atoms with Crippen molar-refractivity contribution in [3.63, 3.8) is 0 Å². The van der Waals surface area contributed by atoms with E-state index in [0.717, 1.165) is 4.47 Å². The maximum Gasteiger partial charge on any atom is 0.192 e. The molecule has 5 heteroatoms. The maximum atomic E-state index is 13.1. The van der Waals surface area contributed by atoms with E-state index in [1.54, 1.807) is 12.1 Å². The monoisotopic (exact) mass is 245 g/mol. The molecule has 0 atom stereocenters. The van der Waals surface area contributed by atoms with Crippen LogP contribution in [0.15, 0.2) is 27.7 Å². The number of halogens is 2. The average Bonchev–Trinajstić information content (AvgIpc) is 2.11. The van der Waals surface area contributed by atoms with E-state index in [9.17, 15) is 4.39 Å². The van der Waals surface area contributed by atoms with E-state index >= 15 is 0 Å². The average molecular weight is 246 g/mol. The summed E-state index contributed by atoms with van der Waals surface area (Å²) in [6.45, 7) is 0. The van der Waals surface area contributed by atoms with E-state index in [1.165, 1.54) is 13.1 Å². The number of nitrogens with two attached hydrogens (primary N) is 1. The first-order valence-corrected chi connectivity index (χ1v) is 4.37. The summed E-state index contributed by atoms with van der Waals surface area (Å²) in [6.07, 6.45) is 0. The molecule has 0 bridgehead atoms. The zero-order valence-electron chi connectivity index (χ0n) is 7.01. The topological polar surface area (TPSA) is 50.4 Å². The Morgan fingerprint density at radius 3 is 2.92 bits per heavy atom. The van der Waals surface area contributed by atoms with Gasteiger partial charge in [0, 0.05) is 11.5 Å². The second-order valence-electron chi connectivity index (χ2n) is 2.36. The van der Waals surface area contributed by atoms with Crippen molar-refractivity contribution in [2.75, 3.05) is 12.4 Å². The fraction of sp³-hybridized carbons (Fsp3) is 0.125. The molecule has 0 aliphatic carbocycles. The molecule has 0 aliphatic rings. The van der Waals surface area contributed by atoms with Gasteiger partial charge in [0.15, 0.2) is 5.96 Å². The van der Waals surface area contributed by atoms with E-state index < -0.39 is 0 Å². The number of benzene rings is 1. The minimum atomic E-state index is -0.366. The number of hydrogen-bond donors (Lipinski definition) is 2. The molecule has 0 fully saturated rings. The van der Waals surface area contributed by atoms with E-state index in [1.807, 2.05) is 0 Å². The lowest BCUT2D eigenvalue weighted by atomic mass is 10.3. The van der Waals surface area contributed by atoms with Gasteiger partial charge in [0.1, 0.15) is 5.82 Å². The third-order valence-electron chi connectivity index (χ3n) is 1.43. The van der Waals surface area contributed by atoms with Gasteiger partial charge >= 0.3 is 0 Å². The van der Waals surface area contributed by atoms with Crippen molar-refractivity contribution in [2.45, 2.75) is 0 Å². The summed E-state index contributed by atoms with van der Waals surface area (Å²) >= 11 is 3.22. The van der Waals surface area contributed by atoms with E-state index in [0.29, 0.717) is 5.69 Å². The van der Waals surface area contributed by atoms with Crippen LogP contribution in [0.3, 0.4) is 0 Å². The molecule has 0 heterocycles. The van der Waals surface area contributed by atoms with Crippen LogP contribution in [0.5, 0.6) is 0 Å². The molecule has 0 radical (unpaired) electrons. The minimum Gasteiger partial charge on any atom is -0.370 e. The number of aliphatic imine (C=N–C) groups is 1. The Kier molecular flexibility index (Phi) is 3.25. The molecular formula is C8H9BrFN3. The number of anilines is 1. The van der Waals surface area contributed by atoms with Gasteiger partial charge in [-0.3, -0.25) is 4.99 Å². The molecule has 3 N–H and O–H groups in total. The van der Waals surface area contributed by atoms with Crippen LogP contribution in [0.25, 0.3) is 0 Å². The molecular weight excluding hydrogens is 237 g/mol. The van der Waals surface area contributed by atoms with Crippen LogP contribution in [-0.2, 0) is 0 Å². The summed E-state index contributed by atoms with van der Waals surface area (Å²) in [7, 11) is 1.53. The van der Waals surface area contributed by atoms with Crippen molar-refractivity contribution in [1.82, 2.24) is 0 Å². The van der Waals surface area contributed by atoms with Crippen LogP contribution in [0.2, 0.25) is 0 Å². The Morgan fingerprint density at radius 1 is 1.62 bits per heavy atom. The number of hydrogen-bond acceptors (Lipinski definition) is 1. The molecule has 0 amide bonds. The third-order valence-corrected chi connectivity index (χ3v) is 1.93. The van der Waals surface area contributed by atoms with Gasteiger partial charge < -0.3 is 11.1 Å².